The van der Waals surface area contributed by atoms with Crippen molar-refractivity contribution in [2.24, 2.45) is 5.92 Å². The van der Waals surface area contributed by atoms with Crippen molar-refractivity contribution in [3.8, 4) is 0 Å². The Labute approximate surface area is 256 Å². The Morgan fingerprint density at radius 1 is 1.02 bits per heavy atom. The SMILES string of the molecule is CC(C)[C@H](NC(=O)OC(C)(C)C)C(=O)N1C(c2ccccc2)SC[C@H]1C(=O)N[C@@H](Cc1ccccc1)C(=O)c1ncco1. The zero-order valence-electron chi connectivity index (χ0n) is 25.0. The number of amides is 3. The lowest BCUT2D eigenvalue weighted by Gasteiger charge is -2.34. The van der Waals surface area contributed by atoms with Crippen LogP contribution in [0.5, 0.6) is 0 Å². The molecular weight excluding hydrogens is 568 g/mol. The number of hydrogen-bond acceptors (Lipinski definition) is 8. The van der Waals surface area contributed by atoms with Crippen LogP contribution >= 0.6 is 11.8 Å². The molecule has 4 atom stereocenters. The van der Waals surface area contributed by atoms with Crippen LogP contribution in [0, 0.1) is 5.92 Å². The van der Waals surface area contributed by atoms with E-state index in [1.54, 1.807) is 20.8 Å². The number of carbonyl (C=O) groups excluding carboxylic acids is 4. The predicted octanol–water partition coefficient (Wildman–Crippen LogP) is 4.78. The van der Waals surface area contributed by atoms with Gasteiger partial charge < -0.3 is 24.7 Å². The van der Waals surface area contributed by atoms with E-state index in [4.69, 9.17) is 9.15 Å². The molecule has 2 aromatic carbocycles. The Morgan fingerprint density at radius 3 is 2.26 bits per heavy atom. The van der Waals surface area contributed by atoms with Gasteiger partial charge in [0.2, 0.25) is 17.6 Å². The quantitative estimate of drug-likeness (QED) is 0.316. The van der Waals surface area contributed by atoms with Crippen molar-refractivity contribution < 1.29 is 28.3 Å². The summed E-state index contributed by atoms with van der Waals surface area (Å²) in [5, 5.41) is 5.12. The van der Waals surface area contributed by atoms with E-state index < -0.39 is 52.8 Å². The second kappa shape index (κ2) is 13.9. The van der Waals surface area contributed by atoms with E-state index in [2.05, 4.69) is 15.6 Å². The molecule has 1 fully saturated rings. The Kier molecular flexibility index (Phi) is 10.3. The summed E-state index contributed by atoms with van der Waals surface area (Å²) >= 11 is 1.45. The Bertz CT molecular complexity index is 1390. The largest absolute Gasteiger partial charge is 0.444 e. The molecule has 0 spiro atoms. The lowest BCUT2D eigenvalue weighted by Crippen LogP contribution is -2.58. The minimum Gasteiger partial charge on any atom is -0.444 e. The number of thioether (sulfide) groups is 1. The van der Waals surface area contributed by atoms with Crippen molar-refractivity contribution in [2.75, 3.05) is 5.75 Å². The number of nitrogens with zero attached hydrogens (tertiary/aromatic N) is 2. The molecule has 0 saturated carbocycles. The summed E-state index contributed by atoms with van der Waals surface area (Å²) in [4.78, 5) is 59.8. The minimum absolute atomic E-state index is 0.112. The van der Waals surface area contributed by atoms with Crippen LogP contribution in [0.1, 0.15) is 61.8 Å². The number of nitrogens with one attached hydrogen (secondary N) is 2. The van der Waals surface area contributed by atoms with Gasteiger partial charge in [0.05, 0.1) is 6.20 Å². The zero-order chi connectivity index (χ0) is 31.1. The molecule has 1 aliphatic heterocycles. The van der Waals surface area contributed by atoms with Gasteiger partial charge in [0.15, 0.2) is 0 Å². The molecule has 0 radical (unpaired) electrons. The highest BCUT2D eigenvalue weighted by Gasteiger charge is 2.46. The normalized spacial score (nSPS) is 18.1. The van der Waals surface area contributed by atoms with E-state index in [0.717, 1.165) is 11.1 Å². The topological polar surface area (TPSA) is 131 Å². The molecular formula is C32H38N4O6S. The van der Waals surface area contributed by atoms with Gasteiger partial charge in [-0.15, -0.1) is 11.8 Å². The Balaban J connectivity index is 1.63. The minimum atomic E-state index is -0.980. The lowest BCUT2D eigenvalue weighted by atomic mass is 10.00. The van der Waals surface area contributed by atoms with Crippen molar-refractivity contribution in [3.63, 3.8) is 0 Å². The monoisotopic (exact) mass is 606 g/mol. The fourth-order valence-corrected chi connectivity index (χ4v) is 6.22. The first kappa shape index (κ1) is 31.8. The number of ketones is 1. The number of carbonyl (C=O) groups is 4. The summed E-state index contributed by atoms with van der Waals surface area (Å²) in [6.45, 7) is 8.87. The van der Waals surface area contributed by atoms with Crippen molar-refractivity contribution >= 4 is 35.5 Å². The van der Waals surface area contributed by atoms with Crippen LogP contribution in [0.4, 0.5) is 4.79 Å². The molecule has 1 saturated heterocycles. The average molecular weight is 607 g/mol. The first-order valence-corrected chi connectivity index (χ1v) is 15.3. The molecule has 2 heterocycles. The molecule has 1 unspecified atom stereocenters. The Morgan fingerprint density at radius 2 is 1.67 bits per heavy atom. The number of benzene rings is 2. The summed E-state index contributed by atoms with van der Waals surface area (Å²) in [5.41, 5.74) is 0.925. The first-order chi connectivity index (χ1) is 20.4. The third kappa shape index (κ3) is 8.25. The first-order valence-electron chi connectivity index (χ1n) is 14.2. The number of Topliss-reactive ketones (excluding diaryl/α,β-unsaturated/α-hetero) is 1. The summed E-state index contributed by atoms with van der Waals surface area (Å²) in [6, 6.07) is 15.9. The van der Waals surface area contributed by atoms with Gasteiger partial charge in [-0.1, -0.05) is 74.5 Å². The summed E-state index contributed by atoms with van der Waals surface area (Å²) in [6.07, 6.45) is 2.16. The highest BCUT2D eigenvalue weighted by molar-refractivity contribution is 7.99. The zero-order valence-corrected chi connectivity index (χ0v) is 25.8. The number of alkyl carbamates (subject to hydrolysis) is 1. The maximum absolute atomic E-state index is 14.3. The fraction of sp³-hybridized carbons (Fsp3) is 0.406. The van der Waals surface area contributed by atoms with Gasteiger partial charge in [-0.25, -0.2) is 9.78 Å². The van der Waals surface area contributed by atoms with Gasteiger partial charge in [-0.05, 0) is 37.8 Å². The predicted molar refractivity (Wildman–Crippen MR) is 163 cm³/mol. The second-order valence-electron chi connectivity index (χ2n) is 11.7. The van der Waals surface area contributed by atoms with Gasteiger partial charge >= 0.3 is 6.09 Å². The van der Waals surface area contributed by atoms with Gasteiger partial charge in [0.1, 0.15) is 35.4 Å². The van der Waals surface area contributed by atoms with Crippen LogP contribution in [-0.2, 0) is 20.7 Å². The van der Waals surface area contributed by atoms with Crippen molar-refractivity contribution in [2.45, 2.75) is 70.1 Å². The molecule has 1 aromatic heterocycles. The van der Waals surface area contributed by atoms with Crippen LogP contribution in [0.15, 0.2) is 77.5 Å². The summed E-state index contributed by atoms with van der Waals surface area (Å²) in [5.74, 6) is -1.50. The fourth-order valence-electron chi connectivity index (χ4n) is 4.78. The van der Waals surface area contributed by atoms with Crippen LogP contribution in [0.25, 0.3) is 0 Å². The molecule has 10 nitrogen and oxygen atoms in total. The maximum atomic E-state index is 14.3. The summed E-state index contributed by atoms with van der Waals surface area (Å²) in [7, 11) is 0. The van der Waals surface area contributed by atoms with E-state index in [0.29, 0.717) is 5.75 Å². The van der Waals surface area contributed by atoms with Crippen LogP contribution < -0.4 is 10.6 Å². The standard InChI is InChI=1S/C32H38N4O6S/c1-20(2)25(35-31(40)42-32(3,4)5)29(39)36-24(19-43-30(36)22-14-10-7-11-15-22)27(38)34-23(18-21-12-8-6-9-13-21)26(37)28-33-16-17-41-28/h6-17,20,23-25,30H,18-19H2,1-5H3,(H,34,38)(H,35,40)/t23-,24-,25-,30?/m0/s1. The van der Waals surface area contributed by atoms with E-state index in [1.165, 1.54) is 29.1 Å². The van der Waals surface area contributed by atoms with Crippen molar-refractivity contribution in [1.82, 2.24) is 20.5 Å². The molecule has 1 aliphatic rings. The van der Waals surface area contributed by atoms with E-state index in [9.17, 15) is 19.2 Å². The van der Waals surface area contributed by atoms with Gasteiger partial charge in [-0.3, -0.25) is 14.4 Å². The van der Waals surface area contributed by atoms with E-state index >= 15 is 0 Å². The smallest absolute Gasteiger partial charge is 0.408 e. The van der Waals surface area contributed by atoms with Crippen molar-refractivity contribution in [1.29, 1.82) is 0 Å². The number of ether oxygens (including phenoxy) is 1. The number of aromatic nitrogens is 1. The van der Waals surface area contributed by atoms with Gasteiger partial charge in [-0.2, -0.15) is 0 Å². The molecule has 3 aromatic rings. The highest BCUT2D eigenvalue weighted by Crippen LogP contribution is 2.42. The highest BCUT2D eigenvalue weighted by atomic mass is 32.2. The van der Waals surface area contributed by atoms with Gasteiger partial charge in [0.25, 0.3) is 5.89 Å². The molecule has 228 valence electrons. The molecule has 43 heavy (non-hydrogen) atoms. The lowest BCUT2D eigenvalue weighted by molar-refractivity contribution is -0.142. The molecule has 0 aliphatic carbocycles. The molecule has 11 heteroatoms. The van der Waals surface area contributed by atoms with E-state index in [1.807, 2.05) is 74.5 Å². The van der Waals surface area contributed by atoms with Crippen LogP contribution in [0.2, 0.25) is 0 Å². The van der Waals surface area contributed by atoms with Crippen LogP contribution in [0.3, 0.4) is 0 Å². The van der Waals surface area contributed by atoms with Crippen LogP contribution in [-0.4, -0.2) is 63.1 Å². The van der Waals surface area contributed by atoms with E-state index in [-0.39, 0.29) is 18.2 Å². The molecule has 3 amide bonds. The average Bonchev–Trinajstić information content (AvgIpc) is 3.66. The second-order valence-corrected chi connectivity index (χ2v) is 12.8. The van der Waals surface area contributed by atoms with Crippen molar-refractivity contribution in [3.05, 3.63) is 90.1 Å². The maximum Gasteiger partial charge on any atom is 0.408 e. The number of rotatable bonds is 10. The molecule has 2 N–H and O–H groups in total. The summed E-state index contributed by atoms with van der Waals surface area (Å²) < 4.78 is 10.7. The Hall–Kier alpha value is -4.12. The van der Waals surface area contributed by atoms with Gasteiger partial charge in [0, 0.05) is 12.2 Å². The number of oxazole rings is 1. The third-order valence-electron chi connectivity index (χ3n) is 6.81. The number of hydrogen-bond donors (Lipinski definition) is 2. The third-order valence-corrected chi connectivity index (χ3v) is 8.13. The molecule has 4 rings (SSSR count). The molecule has 0 bridgehead atoms.